The van der Waals surface area contributed by atoms with Crippen molar-refractivity contribution >= 4 is 17.0 Å². The smallest absolute Gasteiger partial charge is 0.419 e. The van der Waals surface area contributed by atoms with Gasteiger partial charge in [0.25, 0.3) is 5.56 Å². The van der Waals surface area contributed by atoms with Gasteiger partial charge < -0.3 is 5.11 Å². The fraction of sp³-hybridized carbons (Fsp3) is 0.0909. The van der Waals surface area contributed by atoms with Crippen molar-refractivity contribution in [3.8, 4) is 0 Å². The molecule has 76 valence electrons. The molecule has 0 spiro atoms. The SMILES string of the molecule is Cc1cc2ccccc2n(C(=O)O)c1=O. The topological polar surface area (TPSA) is 59.3 Å². The summed E-state index contributed by atoms with van der Waals surface area (Å²) in [6.45, 7) is 1.61. The number of benzene rings is 1. The van der Waals surface area contributed by atoms with E-state index in [1.165, 1.54) is 0 Å². The van der Waals surface area contributed by atoms with E-state index in [0.717, 1.165) is 9.95 Å². The zero-order valence-electron chi connectivity index (χ0n) is 8.10. The van der Waals surface area contributed by atoms with Gasteiger partial charge in [-0.25, -0.2) is 9.36 Å². The minimum Gasteiger partial charge on any atom is -0.464 e. The van der Waals surface area contributed by atoms with Crippen molar-refractivity contribution in [1.82, 2.24) is 4.57 Å². The molecular weight excluding hydrogens is 194 g/mol. The fourth-order valence-corrected chi connectivity index (χ4v) is 1.58. The zero-order chi connectivity index (χ0) is 11.0. The summed E-state index contributed by atoms with van der Waals surface area (Å²) in [6.07, 6.45) is -1.25. The number of carboxylic acid groups (broad SMARTS) is 1. The lowest BCUT2D eigenvalue weighted by Crippen LogP contribution is -2.27. The Bertz CT molecular complexity index is 598. The van der Waals surface area contributed by atoms with Crippen LogP contribution in [0, 0.1) is 6.92 Å². The Kier molecular flexibility index (Phi) is 2.04. The Labute approximate surface area is 85.4 Å². The van der Waals surface area contributed by atoms with Gasteiger partial charge in [0, 0.05) is 5.56 Å². The molecule has 1 aromatic carbocycles. The predicted octanol–water partition coefficient (Wildman–Crippen LogP) is 1.84. The van der Waals surface area contributed by atoms with Crippen molar-refractivity contribution in [3.05, 3.63) is 46.2 Å². The third-order valence-electron chi connectivity index (χ3n) is 2.28. The van der Waals surface area contributed by atoms with E-state index < -0.39 is 11.7 Å². The van der Waals surface area contributed by atoms with Crippen LogP contribution in [0.5, 0.6) is 0 Å². The van der Waals surface area contributed by atoms with Crippen LogP contribution >= 0.6 is 0 Å². The highest BCUT2D eigenvalue weighted by atomic mass is 16.4. The van der Waals surface area contributed by atoms with E-state index in [2.05, 4.69) is 0 Å². The van der Waals surface area contributed by atoms with Gasteiger partial charge in [-0.15, -0.1) is 0 Å². The molecule has 2 rings (SSSR count). The maximum atomic E-state index is 11.6. The van der Waals surface area contributed by atoms with Crippen molar-refractivity contribution in [1.29, 1.82) is 0 Å². The first-order valence-corrected chi connectivity index (χ1v) is 4.46. The molecule has 0 radical (unpaired) electrons. The van der Waals surface area contributed by atoms with Crippen LogP contribution in [0.25, 0.3) is 10.9 Å². The zero-order valence-corrected chi connectivity index (χ0v) is 8.10. The molecule has 0 fully saturated rings. The predicted molar refractivity (Wildman–Crippen MR) is 56.4 cm³/mol. The van der Waals surface area contributed by atoms with E-state index in [0.29, 0.717) is 11.1 Å². The highest BCUT2D eigenvalue weighted by molar-refractivity contribution is 5.87. The molecule has 0 aliphatic carbocycles. The Morgan fingerprint density at radius 3 is 2.67 bits per heavy atom. The molecule has 0 saturated carbocycles. The number of aromatic nitrogens is 1. The number of aryl methyl sites for hydroxylation is 1. The van der Waals surface area contributed by atoms with E-state index in [9.17, 15) is 9.59 Å². The number of fused-ring (bicyclic) bond motifs is 1. The third-order valence-corrected chi connectivity index (χ3v) is 2.28. The van der Waals surface area contributed by atoms with Crippen LogP contribution in [0.4, 0.5) is 4.79 Å². The molecule has 1 N–H and O–H groups in total. The Balaban J connectivity index is 3.02. The Hall–Kier alpha value is -2.10. The summed E-state index contributed by atoms with van der Waals surface area (Å²) in [7, 11) is 0. The summed E-state index contributed by atoms with van der Waals surface area (Å²) in [6, 6.07) is 8.59. The van der Waals surface area contributed by atoms with Crippen LogP contribution in [0.2, 0.25) is 0 Å². The van der Waals surface area contributed by atoms with Gasteiger partial charge in [0.1, 0.15) is 0 Å². The maximum absolute atomic E-state index is 11.6. The summed E-state index contributed by atoms with van der Waals surface area (Å²) in [5.41, 5.74) is 0.359. The summed E-state index contributed by atoms with van der Waals surface area (Å²) in [4.78, 5) is 22.6. The third kappa shape index (κ3) is 1.40. The maximum Gasteiger partial charge on any atom is 0.419 e. The van der Waals surface area contributed by atoms with Gasteiger partial charge >= 0.3 is 6.09 Å². The highest BCUT2D eigenvalue weighted by Gasteiger charge is 2.10. The fourth-order valence-electron chi connectivity index (χ4n) is 1.58. The molecule has 0 aliphatic heterocycles. The Morgan fingerprint density at radius 1 is 1.33 bits per heavy atom. The summed E-state index contributed by atoms with van der Waals surface area (Å²) in [5.74, 6) is 0. The van der Waals surface area contributed by atoms with E-state index in [1.54, 1.807) is 37.3 Å². The monoisotopic (exact) mass is 203 g/mol. The van der Waals surface area contributed by atoms with Gasteiger partial charge in [0.2, 0.25) is 0 Å². The standard InChI is InChI=1S/C11H9NO3/c1-7-6-8-4-2-3-5-9(8)12(10(7)13)11(14)15/h2-6H,1H3,(H,14,15). The number of pyridine rings is 1. The minimum atomic E-state index is -1.25. The molecule has 0 saturated heterocycles. The molecule has 4 heteroatoms. The van der Waals surface area contributed by atoms with Crippen molar-refractivity contribution in [2.45, 2.75) is 6.92 Å². The molecule has 15 heavy (non-hydrogen) atoms. The number of para-hydroxylation sites is 1. The van der Waals surface area contributed by atoms with Crippen LogP contribution in [-0.4, -0.2) is 15.8 Å². The van der Waals surface area contributed by atoms with Crippen LogP contribution in [0.15, 0.2) is 35.1 Å². The molecule has 0 bridgehead atoms. The molecule has 0 unspecified atom stereocenters. The second kappa shape index (κ2) is 3.24. The van der Waals surface area contributed by atoms with Crippen molar-refractivity contribution in [2.75, 3.05) is 0 Å². The molecule has 0 amide bonds. The molecular formula is C11H9NO3. The highest BCUT2D eigenvalue weighted by Crippen LogP contribution is 2.12. The normalized spacial score (nSPS) is 10.5. The van der Waals surface area contributed by atoms with Gasteiger partial charge in [-0.05, 0) is 24.4 Å². The van der Waals surface area contributed by atoms with Gasteiger partial charge in [-0.3, -0.25) is 4.79 Å². The number of rotatable bonds is 0. The molecule has 1 heterocycles. The van der Waals surface area contributed by atoms with Crippen LogP contribution in [0.3, 0.4) is 0 Å². The van der Waals surface area contributed by atoms with Crippen molar-refractivity contribution < 1.29 is 9.90 Å². The van der Waals surface area contributed by atoms with E-state index in [1.807, 2.05) is 0 Å². The van der Waals surface area contributed by atoms with Crippen molar-refractivity contribution in [2.24, 2.45) is 0 Å². The largest absolute Gasteiger partial charge is 0.464 e. The lowest BCUT2D eigenvalue weighted by molar-refractivity contribution is 0.196. The van der Waals surface area contributed by atoms with Gasteiger partial charge in [-0.1, -0.05) is 18.2 Å². The van der Waals surface area contributed by atoms with Crippen LogP contribution < -0.4 is 5.56 Å². The van der Waals surface area contributed by atoms with Gasteiger partial charge in [0.05, 0.1) is 5.52 Å². The first kappa shape index (κ1) is 9.45. The lowest BCUT2D eigenvalue weighted by atomic mass is 10.1. The summed E-state index contributed by atoms with van der Waals surface area (Å²) in [5, 5.41) is 9.70. The average molecular weight is 203 g/mol. The average Bonchev–Trinajstić information content (AvgIpc) is 2.19. The summed E-state index contributed by atoms with van der Waals surface area (Å²) >= 11 is 0. The minimum absolute atomic E-state index is 0.417. The first-order chi connectivity index (χ1) is 7.11. The van der Waals surface area contributed by atoms with Crippen molar-refractivity contribution in [3.63, 3.8) is 0 Å². The lowest BCUT2D eigenvalue weighted by Gasteiger charge is -2.05. The Morgan fingerprint density at radius 2 is 2.00 bits per heavy atom. The van der Waals surface area contributed by atoms with E-state index in [-0.39, 0.29) is 0 Å². The number of hydrogen-bond acceptors (Lipinski definition) is 2. The first-order valence-electron chi connectivity index (χ1n) is 4.46. The second-order valence-electron chi connectivity index (χ2n) is 3.31. The second-order valence-corrected chi connectivity index (χ2v) is 3.31. The van der Waals surface area contributed by atoms with E-state index in [4.69, 9.17) is 5.11 Å². The molecule has 0 atom stereocenters. The number of hydrogen-bond donors (Lipinski definition) is 1. The summed E-state index contributed by atoms with van der Waals surface area (Å²) < 4.78 is 0.769. The molecule has 2 aromatic rings. The quantitative estimate of drug-likeness (QED) is 0.710. The number of carbonyl (C=O) groups is 1. The van der Waals surface area contributed by atoms with E-state index >= 15 is 0 Å². The number of nitrogens with zero attached hydrogens (tertiary/aromatic N) is 1. The molecule has 1 aromatic heterocycles. The van der Waals surface area contributed by atoms with Gasteiger partial charge in [0.15, 0.2) is 0 Å². The molecule has 0 aliphatic rings. The molecule has 4 nitrogen and oxygen atoms in total. The van der Waals surface area contributed by atoms with Crippen LogP contribution in [-0.2, 0) is 0 Å². The van der Waals surface area contributed by atoms with Crippen LogP contribution in [0.1, 0.15) is 5.56 Å². The van der Waals surface area contributed by atoms with Gasteiger partial charge in [-0.2, -0.15) is 0 Å².